The Morgan fingerprint density at radius 2 is 1.89 bits per heavy atom. The van der Waals surface area contributed by atoms with Crippen molar-refractivity contribution in [3.63, 3.8) is 0 Å². The summed E-state index contributed by atoms with van der Waals surface area (Å²) in [7, 11) is 0. The maximum absolute atomic E-state index is 9.63. The van der Waals surface area contributed by atoms with Crippen LogP contribution in [0.2, 0.25) is 0 Å². The first-order valence-corrected chi connectivity index (χ1v) is 7.86. The first-order chi connectivity index (χ1) is 8.74. The number of aliphatic hydroxyl groups is 1. The lowest BCUT2D eigenvalue weighted by Crippen LogP contribution is -2.50. The highest BCUT2D eigenvalue weighted by Gasteiger charge is 2.34. The van der Waals surface area contributed by atoms with E-state index in [1.165, 1.54) is 32.1 Å². The molecule has 1 heterocycles. The number of nitrogens with zero attached hydrogens (tertiary/aromatic N) is 1. The largest absolute Gasteiger partial charge is 0.393 e. The average Bonchev–Trinajstić information content (AvgIpc) is 2.40. The van der Waals surface area contributed by atoms with Gasteiger partial charge in [-0.2, -0.15) is 0 Å². The number of likely N-dealkylation sites (tertiary alicyclic amines) is 1. The molecule has 2 fully saturated rings. The van der Waals surface area contributed by atoms with Crippen LogP contribution < -0.4 is 5.73 Å². The smallest absolute Gasteiger partial charge is 0.0564 e. The first kappa shape index (κ1) is 14.3. The van der Waals surface area contributed by atoms with E-state index in [1.54, 1.807) is 0 Å². The third-order valence-corrected chi connectivity index (χ3v) is 5.03. The number of rotatable bonds is 4. The Morgan fingerprint density at radius 3 is 2.50 bits per heavy atom. The summed E-state index contributed by atoms with van der Waals surface area (Å²) in [5.41, 5.74) is 5.97. The molecule has 0 spiro atoms. The van der Waals surface area contributed by atoms with Gasteiger partial charge in [-0.15, -0.1) is 0 Å². The SMILES string of the molecule is CCCC1CCC(CN)C(N2CCC(O)CC2)C1. The molecule has 1 aliphatic carbocycles. The predicted octanol–water partition coefficient (Wildman–Crippen LogP) is 1.99. The number of aliphatic hydroxyl groups excluding tert-OH is 1. The van der Waals surface area contributed by atoms with Gasteiger partial charge in [0.25, 0.3) is 0 Å². The van der Waals surface area contributed by atoms with Gasteiger partial charge in [-0.3, -0.25) is 4.90 Å². The Hall–Kier alpha value is -0.120. The lowest BCUT2D eigenvalue weighted by molar-refractivity contribution is 0.0203. The van der Waals surface area contributed by atoms with Gasteiger partial charge < -0.3 is 10.8 Å². The molecule has 3 heteroatoms. The Kier molecular flexibility index (Phi) is 5.46. The van der Waals surface area contributed by atoms with Gasteiger partial charge in [0.05, 0.1) is 6.10 Å². The average molecular weight is 254 g/mol. The number of piperidine rings is 1. The van der Waals surface area contributed by atoms with Crippen LogP contribution >= 0.6 is 0 Å². The Morgan fingerprint density at radius 1 is 1.17 bits per heavy atom. The molecule has 2 aliphatic rings. The summed E-state index contributed by atoms with van der Waals surface area (Å²) < 4.78 is 0. The van der Waals surface area contributed by atoms with Crippen LogP contribution in [0.5, 0.6) is 0 Å². The van der Waals surface area contributed by atoms with E-state index >= 15 is 0 Å². The van der Waals surface area contributed by atoms with Crippen LogP contribution in [0.3, 0.4) is 0 Å². The minimum Gasteiger partial charge on any atom is -0.393 e. The molecule has 0 aromatic rings. The fourth-order valence-electron chi connectivity index (χ4n) is 3.90. The van der Waals surface area contributed by atoms with Crippen molar-refractivity contribution in [3.05, 3.63) is 0 Å². The van der Waals surface area contributed by atoms with E-state index in [4.69, 9.17) is 5.73 Å². The molecule has 1 aliphatic heterocycles. The summed E-state index contributed by atoms with van der Waals surface area (Å²) in [6.07, 6.45) is 8.55. The van der Waals surface area contributed by atoms with Crippen molar-refractivity contribution >= 4 is 0 Å². The maximum atomic E-state index is 9.63. The van der Waals surface area contributed by atoms with Crippen LogP contribution in [-0.4, -0.2) is 41.8 Å². The van der Waals surface area contributed by atoms with Crippen LogP contribution in [0, 0.1) is 11.8 Å². The van der Waals surface area contributed by atoms with Crippen molar-refractivity contribution in [2.75, 3.05) is 19.6 Å². The van der Waals surface area contributed by atoms with E-state index in [9.17, 15) is 5.11 Å². The molecule has 106 valence electrons. The van der Waals surface area contributed by atoms with Crippen LogP contribution in [0.15, 0.2) is 0 Å². The van der Waals surface area contributed by atoms with Crippen molar-refractivity contribution in [3.8, 4) is 0 Å². The van der Waals surface area contributed by atoms with E-state index in [-0.39, 0.29) is 6.10 Å². The van der Waals surface area contributed by atoms with E-state index in [0.29, 0.717) is 12.0 Å². The summed E-state index contributed by atoms with van der Waals surface area (Å²) >= 11 is 0. The van der Waals surface area contributed by atoms with Gasteiger partial charge in [-0.25, -0.2) is 0 Å². The second-order valence-electron chi connectivity index (χ2n) is 6.30. The normalized spacial score (nSPS) is 35.8. The summed E-state index contributed by atoms with van der Waals surface area (Å²) in [5, 5.41) is 9.63. The van der Waals surface area contributed by atoms with Gasteiger partial charge >= 0.3 is 0 Å². The molecular formula is C15H30N2O. The monoisotopic (exact) mass is 254 g/mol. The van der Waals surface area contributed by atoms with Crippen LogP contribution in [0.25, 0.3) is 0 Å². The summed E-state index contributed by atoms with van der Waals surface area (Å²) in [4.78, 5) is 2.62. The van der Waals surface area contributed by atoms with Gasteiger partial charge in [-0.1, -0.05) is 26.2 Å². The lowest BCUT2D eigenvalue weighted by atomic mass is 9.75. The highest BCUT2D eigenvalue weighted by Crippen LogP contribution is 2.35. The minimum absolute atomic E-state index is 0.0624. The number of hydrogen-bond donors (Lipinski definition) is 2. The lowest BCUT2D eigenvalue weighted by Gasteiger charge is -2.44. The highest BCUT2D eigenvalue weighted by molar-refractivity contribution is 4.89. The fraction of sp³-hybridized carbons (Fsp3) is 1.00. The molecule has 0 aromatic heterocycles. The fourth-order valence-corrected chi connectivity index (χ4v) is 3.90. The standard InChI is InChI=1S/C15H30N2O/c1-2-3-12-4-5-13(11-16)15(10-12)17-8-6-14(18)7-9-17/h12-15,18H,2-11,16H2,1H3. The zero-order valence-electron chi connectivity index (χ0n) is 11.9. The van der Waals surface area contributed by atoms with E-state index in [1.807, 2.05) is 0 Å². The van der Waals surface area contributed by atoms with Crippen molar-refractivity contribution < 1.29 is 5.11 Å². The minimum atomic E-state index is -0.0624. The molecule has 1 saturated carbocycles. The Labute approximate surface area is 112 Å². The molecule has 3 N–H and O–H groups in total. The van der Waals surface area contributed by atoms with E-state index < -0.39 is 0 Å². The van der Waals surface area contributed by atoms with Crippen LogP contribution in [0.1, 0.15) is 51.9 Å². The molecule has 0 radical (unpaired) electrons. The zero-order chi connectivity index (χ0) is 13.0. The van der Waals surface area contributed by atoms with Gasteiger partial charge in [0.2, 0.25) is 0 Å². The molecule has 18 heavy (non-hydrogen) atoms. The molecule has 0 bridgehead atoms. The van der Waals surface area contributed by atoms with Crippen molar-refractivity contribution in [2.45, 2.75) is 64.0 Å². The maximum Gasteiger partial charge on any atom is 0.0564 e. The molecule has 0 amide bonds. The number of hydrogen-bond acceptors (Lipinski definition) is 3. The topological polar surface area (TPSA) is 49.5 Å². The summed E-state index contributed by atoms with van der Waals surface area (Å²) in [6.45, 7) is 5.27. The van der Waals surface area contributed by atoms with Gasteiger partial charge in [0, 0.05) is 19.1 Å². The predicted molar refractivity (Wildman–Crippen MR) is 75.4 cm³/mol. The molecule has 2 rings (SSSR count). The van der Waals surface area contributed by atoms with Crippen molar-refractivity contribution in [2.24, 2.45) is 17.6 Å². The van der Waals surface area contributed by atoms with Gasteiger partial charge in [0.15, 0.2) is 0 Å². The quantitative estimate of drug-likeness (QED) is 0.806. The highest BCUT2D eigenvalue weighted by atomic mass is 16.3. The van der Waals surface area contributed by atoms with Crippen LogP contribution in [-0.2, 0) is 0 Å². The molecule has 3 atom stereocenters. The first-order valence-electron chi connectivity index (χ1n) is 7.86. The molecule has 3 unspecified atom stereocenters. The van der Waals surface area contributed by atoms with E-state index in [0.717, 1.165) is 38.4 Å². The van der Waals surface area contributed by atoms with Gasteiger partial charge in [-0.05, 0) is 44.1 Å². The second kappa shape index (κ2) is 6.88. The third-order valence-electron chi connectivity index (χ3n) is 5.03. The number of nitrogens with two attached hydrogens (primary N) is 1. The zero-order valence-corrected chi connectivity index (χ0v) is 11.9. The summed E-state index contributed by atoms with van der Waals surface area (Å²) in [6, 6.07) is 0.688. The molecule has 3 nitrogen and oxygen atoms in total. The molecular weight excluding hydrogens is 224 g/mol. The van der Waals surface area contributed by atoms with Gasteiger partial charge in [0.1, 0.15) is 0 Å². The Bertz CT molecular complexity index is 239. The third kappa shape index (κ3) is 3.46. The van der Waals surface area contributed by atoms with Crippen molar-refractivity contribution in [1.29, 1.82) is 0 Å². The molecule has 1 saturated heterocycles. The van der Waals surface area contributed by atoms with Crippen molar-refractivity contribution in [1.82, 2.24) is 4.90 Å². The van der Waals surface area contributed by atoms with E-state index in [2.05, 4.69) is 11.8 Å². The Balaban J connectivity index is 1.93. The van der Waals surface area contributed by atoms with Crippen LogP contribution in [0.4, 0.5) is 0 Å². The molecule has 0 aromatic carbocycles. The summed E-state index contributed by atoms with van der Waals surface area (Å²) in [5.74, 6) is 1.60. The second-order valence-corrected chi connectivity index (χ2v) is 6.30.